The average Bonchev–Trinajstić information content (AvgIpc) is 2.92. The van der Waals surface area contributed by atoms with Gasteiger partial charge in [-0.15, -0.1) is 0 Å². The van der Waals surface area contributed by atoms with Crippen LogP contribution in [-0.2, 0) is 11.4 Å². The first-order valence-electron chi connectivity index (χ1n) is 7.33. The molecule has 0 atom stereocenters. The van der Waals surface area contributed by atoms with Crippen molar-refractivity contribution in [3.63, 3.8) is 0 Å². The van der Waals surface area contributed by atoms with Gasteiger partial charge in [0, 0.05) is 25.5 Å². The summed E-state index contributed by atoms with van der Waals surface area (Å²) < 4.78 is 15.1. The standard InChI is InChI=1S/C16H21FN4O/c1-13-19-9-11-21(13)10-2-3-16(20-22-12-8-18)14-4-6-15(17)7-5-14/h4-7,9,11H,2-3,8,10,12,18H2,1H3. The van der Waals surface area contributed by atoms with Crippen LogP contribution in [0.1, 0.15) is 24.2 Å². The molecular formula is C16H21FN4O. The van der Waals surface area contributed by atoms with Gasteiger partial charge in [0.1, 0.15) is 18.2 Å². The van der Waals surface area contributed by atoms with E-state index < -0.39 is 0 Å². The summed E-state index contributed by atoms with van der Waals surface area (Å²) in [6.45, 7) is 3.60. The average molecular weight is 304 g/mol. The maximum absolute atomic E-state index is 13.0. The number of benzene rings is 1. The third-order valence-corrected chi connectivity index (χ3v) is 3.30. The van der Waals surface area contributed by atoms with Crippen LogP contribution in [0.3, 0.4) is 0 Å². The van der Waals surface area contributed by atoms with Crippen molar-refractivity contribution in [2.24, 2.45) is 10.9 Å². The smallest absolute Gasteiger partial charge is 0.129 e. The maximum atomic E-state index is 13.0. The number of halogens is 1. The van der Waals surface area contributed by atoms with Crippen molar-refractivity contribution in [3.05, 3.63) is 53.9 Å². The largest absolute Gasteiger partial charge is 0.394 e. The highest BCUT2D eigenvalue weighted by Crippen LogP contribution is 2.10. The number of aryl methyl sites for hydroxylation is 2. The van der Waals surface area contributed by atoms with Gasteiger partial charge in [-0.25, -0.2) is 9.37 Å². The Kier molecular flexibility index (Phi) is 6.09. The van der Waals surface area contributed by atoms with Crippen molar-refractivity contribution in [1.29, 1.82) is 0 Å². The summed E-state index contributed by atoms with van der Waals surface area (Å²) >= 11 is 0. The SMILES string of the molecule is Cc1nccn1CCCC(=NOCCN)c1ccc(F)cc1. The molecule has 0 aliphatic heterocycles. The molecule has 0 saturated carbocycles. The summed E-state index contributed by atoms with van der Waals surface area (Å²) in [5, 5.41) is 4.14. The number of nitrogens with two attached hydrogens (primary N) is 1. The van der Waals surface area contributed by atoms with Crippen LogP contribution in [-0.4, -0.2) is 28.4 Å². The van der Waals surface area contributed by atoms with E-state index in [2.05, 4.69) is 14.7 Å². The van der Waals surface area contributed by atoms with Crippen molar-refractivity contribution >= 4 is 5.71 Å². The van der Waals surface area contributed by atoms with Gasteiger partial charge in [0.2, 0.25) is 0 Å². The van der Waals surface area contributed by atoms with Crippen LogP contribution in [0.15, 0.2) is 41.8 Å². The van der Waals surface area contributed by atoms with Crippen LogP contribution >= 0.6 is 0 Å². The molecule has 0 amide bonds. The lowest BCUT2D eigenvalue weighted by atomic mass is 10.1. The Labute approximate surface area is 129 Å². The third kappa shape index (κ3) is 4.66. The first kappa shape index (κ1) is 16.2. The molecule has 0 aliphatic carbocycles. The Morgan fingerprint density at radius 1 is 1.36 bits per heavy atom. The van der Waals surface area contributed by atoms with Crippen LogP contribution < -0.4 is 5.73 Å². The summed E-state index contributed by atoms with van der Waals surface area (Å²) in [7, 11) is 0. The highest BCUT2D eigenvalue weighted by molar-refractivity contribution is 6.00. The molecule has 0 fully saturated rings. The number of nitrogens with zero attached hydrogens (tertiary/aromatic N) is 3. The first-order chi connectivity index (χ1) is 10.7. The van der Waals surface area contributed by atoms with Gasteiger partial charge in [0.25, 0.3) is 0 Å². The molecule has 6 heteroatoms. The van der Waals surface area contributed by atoms with E-state index >= 15 is 0 Å². The molecule has 0 spiro atoms. The minimum absolute atomic E-state index is 0.264. The molecule has 2 aromatic rings. The number of hydrogen-bond donors (Lipinski definition) is 1. The van der Waals surface area contributed by atoms with Gasteiger partial charge in [-0.1, -0.05) is 17.3 Å². The lowest BCUT2D eigenvalue weighted by Gasteiger charge is -2.08. The zero-order valence-corrected chi connectivity index (χ0v) is 12.7. The Morgan fingerprint density at radius 3 is 2.77 bits per heavy atom. The Morgan fingerprint density at radius 2 is 2.14 bits per heavy atom. The first-order valence-corrected chi connectivity index (χ1v) is 7.33. The van der Waals surface area contributed by atoms with Crippen LogP contribution in [0.2, 0.25) is 0 Å². The van der Waals surface area contributed by atoms with Gasteiger partial charge in [-0.2, -0.15) is 0 Å². The molecule has 2 N–H and O–H groups in total. The predicted octanol–water partition coefficient (Wildman–Crippen LogP) is 2.49. The summed E-state index contributed by atoms with van der Waals surface area (Å²) in [6.07, 6.45) is 5.36. The molecule has 5 nitrogen and oxygen atoms in total. The van der Waals surface area contributed by atoms with Crippen molar-refractivity contribution in [1.82, 2.24) is 9.55 Å². The molecule has 1 aromatic heterocycles. The molecule has 2 rings (SSSR count). The van der Waals surface area contributed by atoms with Gasteiger partial charge < -0.3 is 15.1 Å². The Bertz CT molecular complexity index is 607. The van der Waals surface area contributed by atoms with Crippen LogP contribution in [0.25, 0.3) is 0 Å². The molecule has 1 aromatic carbocycles. The monoisotopic (exact) mass is 304 g/mol. The van der Waals surface area contributed by atoms with Gasteiger partial charge in [0.05, 0.1) is 5.71 Å². The molecule has 22 heavy (non-hydrogen) atoms. The van der Waals surface area contributed by atoms with E-state index in [1.165, 1.54) is 12.1 Å². The molecular weight excluding hydrogens is 283 g/mol. The van der Waals surface area contributed by atoms with Crippen LogP contribution in [0.4, 0.5) is 4.39 Å². The Hall–Kier alpha value is -2.21. The third-order valence-electron chi connectivity index (χ3n) is 3.30. The minimum Gasteiger partial charge on any atom is -0.394 e. The number of aromatic nitrogens is 2. The van der Waals surface area contributed by atoms with Crippen LogP contribution in [0.5, 0.6) is 0 Å². The van der Waals surface area contributed by atoms with E-state index in [9.17, 15) is 4.39 Å². The second-order valence-electron chi connectivity index (χ2n) is 4.94. The minimum atomic E-state index is -0.264. The lowest BCUT2D eigenvalue weighted by Crippen LogP contribution is -2.09. The van der Waals surface area contributed by atoms with E-state index in [0.29, 0.717) is 13.2 Å². The molecule has 0 aliphatic rings. The topological polar surface area (TPSA) is 65.4 Å². The van der Waals surface area contributed by atoms with E-state index in [4.69, 9.17) is 10.6 Å². The van der Waals surface area contributed by atoms with E-state index in [1.807, 2.05) is 13.1 Å². The number of hydrogen-bond acceptors (Lipinski definition) is 4. The molecule has 118 valence electrons. The number of rotatable bonds is 8. The molecule has 0 saturated heterocycles. The lowest BCUT2D eigenvalue weighted by molar-refractivity contribution is 0.151. The highest BCUT2D eigenvalue weighted by atomic mass is 19.1. The number of imidazole rings is 1. The van der Waals surface area contributed by atoms with Gasteiger partial charge in [0.15, 0.2) is 0 Å². The molecule has 1 heterocycles. The molecule has 0 radical (unpaired) electrons. The van der Waals surface area contributed by atoms with Crippen molar-refractivity contribution < 1.29 is 9.23 Å². The highest BCUT2D eigenvalue weighted by Gasteiger charge is 2.06. The van der Waals surface area contributed by atoms with E-state index in [0.717, 1.165) is 36.5 Å². The van der Waals surface area contributed by atoms with Gasteiger partial charge in [-0.3, -0.25) is 0 Å². The maximum Gasteiger partial charge on any atom is 0.129 e. The fourth-order valence-electron chi connectivity index (χ4n) is 2.12. The predicted molar refractivity (Wildman–Crippen MR) is 84.1 cm³/mol. The Balaban J connectivity index is 1.99. The summed E-state index contributed by atoms with van der Waals surface area (Å²) in [5.41, 5.74) is 7.06. The zero-order valence-electron chi connectivity index (χ0n) is 12.7. The van der Waals surface area contributed by atoms with E-state index in [-0.39, 0.29) is 5.82 Å². The fourth-order valence-corrected chi connectivity index (χ4v) is 2.12. The van der Waals surface area contributed by atoms with Crippen molar-refractivity contribution in [2.45, 2.75) is 26.3 Å². The van der Waals surface area contributed by atoms with Crippen molar-refractivity contribution in [3.8, 4) is 0 Å². The van der Waals surface area contributed by atoms with Gasteiger partial charge in [-0.05, 0) is 37.5 Å². The summed E-state index contributed by atoms with van der Waals surface area (Å²) in [6, 6.07) is 6.27. The summed E-state index contributed by atoms with van der Waals surface area (Å²) in [4.78, 5) is 9.39. The molecule has 0 unspecified atom stereocenters. The molecule has 0 bridgehead atoms. The second kappa shape index (κ2) is 8.29. The van der Waals surface area contributed by atoms with Gasteiger partial charge >= 0.3 is 0 Å². The normalized spacial score (nSPS) is 11.7. The second-order valence-corrected chi connectivity index (χ2v) is 4.94. The summed E-state index contributed by atoms with van der Waals surface area (Å²) in [5.74, 6) is 0.722. The van der Waals surface area contributed by atoms with Crippen molar-refractivity contribution in [2.75, 3.05) is 13.2 Å². The fraction of sp³-hybridized carbons (Fsp3) is 0.375. The number of oxime groups is 1. The van der Waals surface area contributed by atoms with Crippen LogP contribution in [0, 0.1) is 12.7 Å². The quantitative estimate of drug-likeness (QED) is 0.463. The zero-order chi connectivity index (χ0) is 15.8. The van der Waals surface area contributed by atoms with E-state index in [1.54, 1.807) is 18.3 Å².